The van der Waals surface area contributed by atoms with Gasteiger partial charge in [0.25, 0.3) is 0 Å². The highest BCUT2D eigenvalue weighted by molar-refractivity contribution is 7.98. The number of nitrogens with two attached hydrogens (primary N) is 2. The Bertz CT molecular complexity index is 1210. The lowest BCUT2D eigenvalue weighted by atomic mass is 9.84. The third-order valence-electron chi connectivity index (χ3n) is 4.62. The maximum absolute atomic E-state index is 14.6. The van der Waals surface area contributed by atoms with Crippen LogP contribution in [0, 0.1) is 17.1 Å². The number of thioether (sulfide) groups is 1. The lowest BCUT2D eigenvalue weighted by molar-refractivity contribution is 0.372. The fourth-order valence-corrected chi connectivity index (χ4v) is 4.33. The molecule has 0 fully saturated rings. The summed E-state index contributed by atoms with van der Waals surface area (Å²) in [4.78, 5) is 8.75. The molecule has 3 aromatic rings. The van der Waals surface area contributed by atoms with Gasteiger partial charge in [0.05, 0.1) is 11.5 Å². The average molecular weight is 440 g/mol. The number of halogens is 2. The van der Waals surface area contributed by atoms with Crippen molar-refractivity contribution in [1.29, 1.82) is 5.26 Å². The molecule has 0 radical (unpaired) electrons. The summed E-state index contributed by atoms with van der Waals surface area (Å²) in [5.41, 5.74) is 13.7. The molecule has 0 bridgehead atoms. The van der Waals surface area contributed by atoms with Gasteiger partial charge in [-0.2, -0.15) is 10.2 Å². The number of ether oxygens (including phenoxy) is 1. The van der Waals surface area contributed by atoms with Crippen molar-refractivity contribution in [2.45, 2.75) is 16.8 Å². The first-order chi connectivity index (χ1) is 14.5. The normalized spacial score (nSPS) is 15.3. The number of nitriles is 1. The minimum absolute atomic E-state index is 0.0550. The number of hydrogen-bond acceptors (Lipinski definition) is 7. The van der Waals surface area contributed by atoms with Gasteiger partial charge in [-0.05, 0) is 17.7 Å². The standard InChI is InChI=1S/C21H15ClFN5OS/c22-14-7-3-1-5-11(14)10-30-21-27-18(25)17-16(12-6-2-4-8-15(12)23)13(9-24)19(26)29-20(17)28-21/h1-8,16H,10,26H2,(H2,25,27,28)/t16-/m1/s1. The third kappa shape index (κ3) is 3.65. The highest BCUT2D eigenvalue weighted by Gasteiger charge is 2.36. The first-order valence-corrected chi connectivity index (χ1v) is 10.2. The Labute approximate surface area is 181 Å². The second kappa shape index (κ2) is 8.22. The number of rotatable bonds is 4. The summed E-state index contributed by atoms with van der Waals surface area (Å²) in [7, 11) is 0. The minimum Gasteiger partial charge on any atom is -0.422 e. The number of anilines is 1. The van der Waals surface area contributed by atoms with Gasteiger partial charge in [0.15, 0.2) is 5.16 Å². The van der Waals surface area contributed by atoms with Crippen molar-refractivity contribution in [2.24, 2.45) is 5.73 Å². The molecule has 6 nitrogen and oxygen atoms in total. The maximum atomic E-state index is 14.6. The molecule has 1 atom stereocenters. The van der Waals surface area contributed by atoms with Gasteiger partial charge < -0.3 is 16.2 Å². The number of hydrogen-bond donors (Lipinski definition) is 2. The van der Waals surface area contributed by atoms with Crippen molar-refractivity contribution in [2.75, 3.05) is 5.73 Å². The molecule has 1 aromatic heterocycles. The molecule has 2 aromatic carbocycles. The van der Waals surface area contributed by atoms with Crippen molar-refractivity contribution in [3.05, 3.63) is 87.5 Å². The van der Waals surface area contributed by atoms with Crippen molar-refractivity contribution >= 4 is 29.2 Å². The highest BCUT2D eigenvalue weighted by Crippen LogP contribution is 2.44. The van der Waals surface area contributed by atoms with Crippen LogP contribution < -0.4 is 16.2 Å². The van der Waals surface area contributed by atoms with Gasteiger partial charge in [-0.15, -0.1) is 0 Å². The van der Waals surface area contributed by atoms with Crippen LogP contribution in [-0.4, -0.2) is 9.97 Å². The Morgan fingerprint density at radius 3 is 2.60 bits per heavy atom. The van der Waals surface area contributed by atoms with Crippen LogP contribution in [0.1, 0.15) is 22.6 Å². The Morgan fingerprint density at radius 1 is 1.13 bits per heavy atom. The lowest BCUT2D eigenvalue weighted by Gasteiger charge is -2.26. The van der Waals surface area contributed by atoms with Gasteiger partial charge in [-0.1, -0.05) is 59.8 Å². The van der Waals surface area contributed by atoms with E-state index in [1.54, 1.807) is 24.3 Å². The molecule has 0 saturated carbocycles. The van der Waals surface area contributed by atoms with E-state index in [0.717, 1.165) is 5.56 Å². The Morgan fingerprint density at radius 2 is 1.87 bits per heavy atom. The second-order valence-electron chi connectivity index (χ2n) is 6.44. The third-order valence-corrected chi connectivity index (χ3v) is 5.89. The van der Waals surface area contributed by atoms with Crippen LogP contribution in [0.3, 0.4) is 0 Å². The summed E-state index contributed by atoms with van der Waals surface area (Å²) in [5.74, 6) is -0.777. The van der Waals surface area contributed by atoms with Gasteiger partial charge in [-0.25, -0.2) is 9.37 Å². The number of aromatic nitrogens is 2. The second-order valence-corrected chi connectivity index (χ2v) is 7.79. The minimum atomic E-state index is -0.859. The van der Waals surface area contributed by atoms with E-state index in [1.165, 1.54) is 17.8 Å². The topological polar surface area (TPSA) is 111 Å². The van der Waals surface area contributed by atoms with Crippen LogP contribution in [0.2, 0.25) is 5.02 Å². The molecule has 1 aliphatic rings. The smallest absolute Gasteiger partial charge is 0.231 e. The Balaban J connectivity index is 1.75. The van der Waals surface area contributed by atoms with E-state index < -0.39 is 11.7 Å². The molecule has 0 saturated heterocycles. The van der Waals surface area contributed by atoms with Crippen LogP contribution in [0.4, 0.5) is 10.2 Å². The zero-order valence-electron chi connectivity index (χ0n) is 15.5. The first kappa shape index (κ1) is 20.0. The summed E-state index contributed by atoms with van der Waals surface area (Å²) in [5, 5.41) is 10.6. The van der Waals surface area contributed by atoms with Crippen LogP contribution in [0.25, 0.3) is 0 Å². The highest BCUT2D eigenvalue weighted by atomic mass is 35.5. The molecule has 30 heavy (non-hydrogen) atoms. The first-order valence-electron chi connectivity index (χ1n) is 8.85. The van der Waals surface area contributed by atoms with E-state index in [9.17, 15) is 9.65 Å². The monoisotopic (exact) mass is 439 g/mol. The SMILES string of the molecule is N#CC1=C(N)Oc2nc(SCc3ccccc3Cl)nc(N)c2[C@@H]1c1ccccc1F. The molecular weight excluding hydrogens is 425 g/mol. The molecule has 4 rings (SSSR count). The van der Waals surface area contributed by atoms with E-state index in [1.807, 2.05) is 24.3 Å². The fraction of sp³-hybridized carbons (Fsp3) is 0.0952. The number of allylic oxidation sites excluding steroid dienone is 1. The zero-order valence-corrected chi connectivity index (χ0v) is 17.0. The summed E-state index contributed by atoms with van der Waals surface area (Å²) in [6.07, 6.45) is 0. The summed E-state index contributed by atoms with van der Waals surface area (Å²) < 4.78 is 20.1. The van der Waals surface area contributed by atoms with E-state index in [0.29, 0.717) is 21.5 Å². The summed E-state index contributed by atoms with van der Waals surface area (Å²) in [6, 6.07) is 15.6. The molecule has 150 valence electrons. The zero-order chi connectivity index (χ0) is 21.3. The summed E-state index contributed by atoms with van der Waals surface area (Å²) >= 11 is 7.52. The molecule has 0 aliphatic carbocycles. The van der Waals surface area contributed by atoms with Crippen LogP contribution >= 0.6 is 23.4 Å². The summed E-state index contributed by atoms with van der Waals surface area (Å²) in [6.45, 7) is 0. The van der Waals surface area contributed by atoms with Crippen LogP contribution in [0.5, 0.6) is 5.88 Å². The largest absolute Gasteiger partial charge is 0.422 e. The van der Waals surface area contributed by atoms with Crippen molar-refractivity contribution in [3.8, 4) is 11.9 Å². The molecule has 9 heteroatoms. The molecular formula is C21H15ClFN5OS. The molecule has 0 unspecified atom stereocenters. The van der Waals surface area contributed by atoms with E-state index >= 15 is 0 Å². The average Bonchev–Trinajstić information content (AvgIpc) is 2.72. The van der Waals surface area contributed by atoms with Gasteiger partial charge in [-0.3, -0.25) is 0 Å². The number of nitrogen functional groups attached to an aromatic ring is 1. The van der Waals surface area contributed by atoms with Gasteiger partial charge in [0, 0.05) is 16.3 Å². The molecule has 2 heterocycles. The Kier molecular flexibility index (Phi) is 5.48. The van der Waals surface area contributed by atoms with Gasteiger partial charge >= 0.3 is 0 Å². The van der Waals surface area contributed by atoms with Crippen LogP contribution in [-0.2, 0) is 5.75 Å². The number of fused-ring (bicyclic) bond motifs is 1. The Hall–Kier alpha value is -3.28. The van der Waals surface area contributed by atoms with Crippen molar-refractivity contribution in [3.63, 3.8) is 0 Å². The van der Waals surface area contributed by atoms with Crippen LogP contribution in [0.15, 0.2) is 65.1 Å². The number of nitrogens with zero attached hydrogens (tertiary/aromatic N) is 3. The molecule has 0 amide bonds. The quantitative estimate of drug-likeness (QED) is 0.458. The van der Waals surface area contributed by atoms with E-state index in [4.69, 9.17) is 27.8 Å². The lowest BCUT2D eigenvalue weighted by Crippen LogP contribution is -2.24. The van der Waals surface area contributed by atoms with Crippen molar-refractivity contribution < 1.29 is 9.13 Å². The van der Waals surface area contributed by atoms with E-state index in [-0.39, 0.29) is 28.7 Å². The fourth-order valence-electron chi connectivity index (χ4n) is 3.20. The van der Waals surface area contributed by atoms with Crippen molar-refractivity contribution in [1.82, 2.24) is 9.97 Å². The molecule has 4 N–H and O–H groups in total. The van der Waals surface area contributed by atoms with E-state index in [2.05, 4.69) is 9.97 Å². The van der Waals surface area contributed by atoms with Gasteiger partial charge in [0.2, 0.25) is 11.8 Å². The predicted molar refractivity (Wildman–Crippen MR) is 113 cm³/mol. The predicted octanol–water partition coefficient (Wildman–Crippen LogP) is 4.36. The molecule has 0 spiro atoms. The molecule has 1 aliphatic heterocycles. The number of benzene rings is 2. The van der Waals surface area contributed by atoms with Gasteiger partial charge in [0.1, 0.15) is 23.3 Å². The maximum Gasteiger partial charge on any atom is 0.231 e.